The summed E-state index contributed by atoms with van der Waals surface area (Å²) in [6.07, 6.45) is 2.23. The van der Waals surface area contributed by atoms with E-state index in [4.69, 9.17) is 4.74 Å². The van der Waals surface area contributed by atoms with E-state index in [1.54, 1.807) is 0 Å². The Morgan fingerprint density at radius 3 is 2.67 bits per heavy atom. The molecule has 0 spiro atoms. The average molecular weight is 171 g/mol. The standard InChI is InChI=1S/C9H17NO2/c1-9(2,8(11)12-3)7-5-4-6-10-7/h7,10H,4-6H2,1-3H3. The van der Waals surface area contributed by atoms with E-state index in [1.807, 2.05) is 13.8 Å². The molecule has 12 heavy (non-hydrogen) atoms. The van der Waals surface area contributed by atoms with E-state index < -0.39 is 0 Å². The van der Waals surface area contributed by atoms with Gasteiger partial charge >= 0.3 is 5.97 Å². The number of methoxy groups -OCH3 is 1. The second-order valence-corrected chi connectivity index (χ2v) is 3.86. The summed E-state index contributed by atoms with van der Waals surface area (Å²) in [5, 5.41) is 3.31. The summed E-state index contributed by atoms with van der Waals surface area (Å²) in [5.74, 6) is -0.123. The monoisotopic (exact) mass is 171 g/mol. The minimum Gasteiger partial charge on any atom is -0.469 e. The molecular weight excluding hydrogens is 154 g/mol. The lowest BCUT2D eigenvalue weighted by molar-refractivity contribution is -0.152. The minimum atomic E-state index is -0.384. The summed E-state index contributed by atoms with van der Waals surface area (Å²) in [6.45, 7) is 4.88. The van der Waals surface area contributed by atoms with Crippen LogP contribution in [-0.2, 0) is 9.53 Å². The lowest BCUT2D eigenvalue weighted by atomic mass is 9.84. The summed E-state index contributed by atoms with van der Waals surface area (Å²) in [5.41, 5.74) is -0.384. The molecule has 70 valence electrons. The van der Waals surface area contributed by atoms with Crippen molar-refractivity contribution in [3.8, 4) is 0 Å². The van der Waals surface area contributed by atoms with Crippen molar-refractivity contribution in [2.24, 2.45) is 5.41 Å². The normalized spacial score (nSPS) is 24.1. The Morgan fingerprint density at radius 2 is 2.25 bits per heavy atom. The molecular formula is C9H17NO2. The summed E-state index contributed by atoms with van der Waals surface area (Å²) in [4.78, 5) is 11.4. The van der Waals surface area contributed by atoms with Crippen LogP contribution in [0.15, 0.2) is 0 Å². The maximum atomic E-state index is 11.4. The molecule has 0 bridgehead atoms. The van der Waals surface area contributed by atoms with Crippen LogP contribution >= 0.6 is 0 Å². The topological polar surface area (TPSA) is 38.3 Å². The van der Waals surface area contributed by atoms with Gasteiger partial charge < -0.3 is 10.1 Å². The van der Waals surface area contributed by atoms with Crippen LogP contribution in [0.1, 0.15) is 26.7 Å². The molecule has 1 rings (SSSR count). The van der Waals surface area contributed by atoms with Crippen molar-refractivity contribution >= 4 is 5.97 Å². The van der Waals surface area contributed by atoms with Crippen molar-refractivity contribution in [2.75, 3.05) is 13.7 Å². The highest BCUT2D eigenvalue weighted by molar-refractivity contribution is 5.76. The van der Waals surface area contributed by atoms with Crippen LogP contribution in [0.5, 0.6) is 0 Å². The van der Waals surface area contributed by atoms with Gasteiger partial charge in [-0.1, -0.05) is 0 Å². The first-order valence-corrected chi connectivity index (χ1v) is 4.41. The average Bonchev–Trinajstić information content (AvgIpc) is 2.55. The van der Waals surface area contributed by atoms with E-state index in [9.17, 15) is 4.79 Å². The Morgan fingerprint density at radius 1 is 1.58 bits per heavy atom. The summed E-state index contributed by atoms with van der Waals surface area (Å²) in [6, 6.07) is 0.282. The highest BCUT2D eigenvalue weighted by atomic mass is 16.5. The summed E-state index contributed by atoms with van der Waals surface area (Å²) < 4.78 is 4.75. The zero-order chi connectivity index (χ0) is 9.19. The molecule has 0 aromatic carbocycles. The van der Waals surface area contributed by atoms with Gasteiger partial charge in [0, 0.05) is 6.04 Å². The highest BCUT2D eigenvalue weighted by Crippen LogP contribution is 2.28. The molecule has 1 unspecified atom stereocenters. The maximum absolute atomic E-state index is 11.4. The molecule has 0 radical (unpaired) electrons. The van der Waals surface area contributed by atoms with Gasteiger partial charge in [-0.05, 0) is 33.2 Å². The van der Waals surface area contributed by atoms with Gasteiger partial charge in [0.1, 0.15) is 0 Å². The first-order valence-electron chi connectivity index (χ1n) is 4.41. The SMILES string of the molecule is COC(=O)C(C)(C)C1CCCN1. The van der Waals surface area contributed by atoms with E-state index >= 15 is 0 Å². The van der Waals surface area contributed by atoms with Crippen molar-refractivity contribution in [1.29, 1.82) is 0 Å². The van der Waals surface area contributed by atoms with Crippen LogP contribution in [0.4, 0.5) is 0 Å². The number of hydrogen-bond donors (Lipinski definition) is 1. The third kappa shape index (κ3) is 1.61. The maximum Gasteiger partial charge on any atom is 0.312 e. The molecule has 0 amide bonds. The molecule has 1 aliphatic heterocycles. The van der Waals surface area contributed by atoms with E-state index in [1.165, 1.54) is 7.11 Å². The zero-order valence-electron chi connectivity index (χ0n) is 8.02. The minimum absolute atomic E-state index is 0.123. The number of carbonyl (C=O) groups is 1. The van der Waals surface area contributed by atoms with Crippen LogP contribution in [0.2, 0.25) is 0 Å². The number of ether oxygens (including phenoxy) is 1. The second-order valence-electron chi connectivity index (χ2n) is 3.86. The summed E-state index contributed by atoms with van der Waals surface area (Å²) in [7, 11) is 1.44. The molecule has 1 aliphatic rings. The zero-order valence-corrected chi connectivity index (χ0v) is 8.02. The quantitative estimate of drug-likeness (QED) is 0.628. The lowest BCUT2D eigenvalue weighted by Crippen LogP contribution is -2.43. The first kappa shape index (κ1) is 9.52. The third-order valence-electron chi connectivity index (χ3n) is 2.64. The fourth-order valence-electron chi connectivity index (χ4n) is 1.71. The fraction of sp³-hybridized carbons (Fsp3) is 0.889. The smallest absolute Gasteiger partial charge is 0.312 e. The predicted molar refractivity (Wildman–Crippen MR) is 46.8 cm³/mol. The number of carbonyl (C=O) groups excluding carboxylic acids is 1. The van der Waals surface area contributed by atoms with Crippen molar-refractivity contribution < 1.29 is 9.53 Å². The number of nitrogens with one attached hydrogen (secondary N) is 1. The molecule has 0 saturated carbocycles. The van der Waals surface area contributed by atoms with Crippen LogP contribution in [-0.4, -0.2) is 25.7 Å². The molecule has 1 atom stereocenters. The van der Waals surface area contributed by atoms with Crippen LogP contribution in [0.3, 0.4) is 0 Å². The van der Waals surface area contributed by atoms with Gasteiger partial charge in [0.05, 0.1) is 12.5 Å². The van der Waals surface area contributed by atoms with Crippen LogP contribution in [0, 0.1) is 5.41 Å². The van der Waals surface area contributed by atoms with Crippen LogP contribution in [0.25, 0.3) is 0 Å². The molecule has 0 aromatic heterocycles. The van der Waals surface area contributed by atoms with Crippen molar-refractivity contribution in [3.05, 3.63) is 0 Å². The third-order valence-corrected chi connectivity index (χ3v) is 2.64. The number of rotatable bonds is 2. The van der Waals surface area contributed by atoms with Gasteiger partial charge in [-0.25, -0.2) is 0 Å². The Labute approximate surface area is 73.5 Å². The van der Waals surface area contributed by atoms with Gasteiger partial charge in [0.25, 0.3) is 0 Å². The van der Waals surface area contributed by atoms with E-state index in [2.05, 4.69) is 5.32 Å². The van der Waals surface area contributed by atoms with E-state index in [0.29, 0.717) is 0 Å². The molecule has 3 heteroatoms. The fourth-order valence-corrected chi connectivity index (χ4v) is 1.71. The van der Waals surface area contributed by atoms with E-state index in [0.717, 1.165) is 19.4 Å². The molecule has 0 aliphatic carbocycles. The number of hydrogen-bond acceptors (Lipinski definition) is 3. The van der Waals surface area contributed by atoms with Crippen molar-refractivity contribution in [3.63, 3.8) is 0 Å². The Balaban J connectivity index is 2.62. The Kier molecular flexibility index (Phi) is 2.73. The van der Waals surface area contributed by atoms with Gasteiger partial charge in [0.2, 0.25) is 0 Å². The Bertz CT molecular complexity index is 171. The number of esters is 1. The van der Waals surface area contributed by atoms with Gasteiger partial charge in [-0.3, -0.25) is 4.79 Å². The lowest BCUT2D eigenvalue weighted by Gasteiger charge is -2.28. The van der Waals surface area contributed by atoms with Crippen molar-refractivity contribution in [1.82, 2.24) is 5.32 Å². The molecule has 1 saturated heterocycles. The first-order chi connectivity index (χ1) is 5.59. The second kappa shape index (κ2) is 3.44. The molecule has 1 N–H and O–H groups in total. The summed E-state index contributed by atoms with van der Waals surface area (Å²) >= 11 is 0. The molecule has 0 aromatic rings. The van der Waals surface area contributed by atoms with E-state index in [-0.39, 0.29) is 17.4 Å². The van der Waals surface area contributed by atoms with Gasteiger partial charge in [-0.15, -0.1) is 0 Å². The predicted octanol–water partition coefficient (Wildman–Crippen LogP) is 0.938. The molecule has 1 heterocycles. The Hall–Kier alpha value is -0.570. The van der Waals surface area contributed by atoms with Crippen molar-refractivity contribution in [2.45, 2.75) is 32.7 Å². The van der Waals surface area contributed by atoms with Gasteiger partial charge in [0.15, 0.2) is 0 Å². The largest absolute Gasteiger partial charge is 0.469 e. The molecule has 3 nitrogen and oxygen atoms in total. The van der Waals surface area contributed by atoms with Crippen LogP contribution < -0.4 is 5.32 Å². The van der Waals surface area contributed by atoms with Gasteiger partial charge in [-0.2, -0.15) is 0 Å². The highest BCUT2D eigenvalue weighted by Gasteiger charge is 2.38. The molecule has 1 fully saturated rings.